The second-order valence-corrected chi connectivity index (χ2v) is 9.10. The molecule has 3 fully saturated rings. The Morgan fingerprint density at radius 2 is 1.62 bits per heavy atom. The van der Waals surface area contributed by atoms with Gasteiger partial charge in [-0.1, -0.05) is 48.9 Å². The summed E-state index contributed by atoms with van der Waals surface area (Å²) < 4.78 is 0. The Bertz CT molecular complexity index is 1020. The zero-order valence-corrected chi connectivity index (χ0v) is 16.7. The van der Waals surface area contributed by atoms with E-state index in [2.05, 4.69) is 70.1 Å². The van der Waals surface area contributed by atoms with Gasteiger partial charge >= 0.3 is 0 Å². The summed E-state index contributed by atoms with van der Waals surface area (Å²) in [5.74, 6) is 1.82. The van der Waals surface area contributed by atoms with Crippen LogP contribution in [0.1, 0.15) is 24.8 Å². The number of hydrogen-bond acceptors (Lipinski definition) is 5. The molecule has 1 aliphatic carbocycles. The first-order valence-corrected chi connectivity index (χ1v) is 10.8. The van der Waals surface area contributed by atoms with Gasteiger partial charge < -0.3 is 15.5 Å². The molecule has 0 bridgehead atoms. The largest absolute Gasteiger partial charge is 0.365 e. The number of anilines is 2. The Kier molecular flexibility index (Phi) is 3.81. The summed E-state index contributed by atoms with van der Waals surface area (Å²) in [6, 6.07) is 18.8. The second kappa shape index (κ2) is 6.42. The first-order chi connectivity index (χ1) is 14.3. The third kappa shape index (κ3) is 2.64. The van der Waals surface area contributed by atoms with Gasteiger partial charge in [0.05, 0.1) is 5.52 Å². The van der Waals surface area contributed by atoms with Gasteiger partial charge in [0.25, 0.3) is 0 Å². The third-order valence-electron chi connectivity index (χ3n) is 7.53. The van der Waals surface area contributed by atoms with Crippen LogP contribution < -0.4 is 15.5 Å². The number of hydrogen-bond donors (Lipinski definition) is 2. The third-order valence-corrected chi connectivity index (χ3v) is 7.53. The Morgan fingerprint density at radius 1 is 0.897 bits per heavy atom. The van der Waals surface area contributed by atoms with Crippen molar-refractivity contribution in [1.29, 1.82) is 0 Å². The predicted molar refractivity (Wildman–Crippen MR) is 117 cm³/mol. The minimum atomic E-state index is 0.416. The molecule has 2 N–H and O–H groups in total. The molecular formula is C24H27N5. The lowest BCUT2D eigenvalue weighted by Crippen LogP contribution is -2.34. The summed E-state index contributed by atoms with van der Waals surface area (Å²) in [6.45, 7) is 5.22. The molecule has 6 rings (SSSR count). The van der Waals surface area contributed by atoms with Crippen LogP contribution in [0.3, 0.4) is 0 Å². The number of para-hydroxylation sites is 1. The molecule has 2 atom stereocenters. The molecule has 2 aromatic carbocycles. The van der Waals surface area contributed by atoms with Crippen molar-refractivity contribution in [2.24, 2.45) is 10.8 Å². The van der Waals surface area contributed by atoms with Gasteiger partial charge in [0, 0.05) is 48.9 Å². The summed E-state index contributed by atoms with van der Waals surface area (Å²) in [4.78, 5) is 12.5. The van der Waals surface area contributed by atoms with E-state index in [9.17, 15) is 0 Å². The fourth-order valence-corrected chi connectivity index (χ4v) is 6.04. The van der Waals surface area contributed by atoms with Crippen molar-refractivity contribution in [3.63, 3.8) is 0 Å². The van der Waals surface area contributed by atoms with E-state index in [1.54, 1.807) is 0 Å². The molecule has 2 aliphatic heterocycles. The van der Waals surface area contributed by atoms with Crippen LogP contribution in [-0.4, -0.2) is 36.1 Å². The maximum Gasteiger partial charge on any atom is 0.227 e. The lowest BCUT2D eigenvalue weighted by molar-refractivity contribution is 0.212. The predicted octanol–water partition coefficient (Wildman–Crippen LogP) is 3.82. The van der Waals surface area contributed by atoms with E-state index in [1.165, 1.54) is 24.8 Å². The molecule has 2 saturated heterocycles. The first kappa shape index (κ1) is 17.2. The van der Waals surface area contributed by atoms with Crippen molar-refractivity contribution < 1.29 is 0 Å². The highest BCUT2D eigenvalue weighted by Crippen LogP contribution is 2.59. The topological polar surface area (TPSA) is 53.1 Å². The zero-order chi connectivity index (χ0) is 19.3. The average molecular weight is 386 g/mol. The molecule has 0 radical (unpaired) electrons. The quantitative estimate of drug-likeness (QED) is 0.715. The standard InChI is InChI=1S/C24H27N5/c1-2-7-18(8-3-1)13-26-21-19-9-4-5-10-20(19)27-22(28-21)29-16-23-11-6-12-24(23,17-29)15-25-14-23/h1-5,7-10,25H,6,11-17H2,(H,26,27,28). The van der Waals surface area contributed by atoms with Gasteiger partial charge in [0.15, 0.2) is 0 Å². The number of aromatic nitrogens is 2. The first-order valence-electron chi connectivity index (χ1n) is 10.8. The maximum atomic E-state index is 5.03. The van der Waals surface area contributed by atoms with Gasteiger partial charge in [-0.15, -0.1) is 0 Å². The summed E-state index contributed by atoms with van der Waals surface area (Å²) in [5.41, 5.74) is 3.11. The second-order valence-electron chi connectivity index (χ2n) is 9.10. The molecule has 5 heteroatoms. The van der Waals surface area contributed by atoms with Crippen molar-refractivity contribution in [1.82, 2.24) is 15.3 Å². The highest BCUT2D eigenvalue weighted by molar-refractivity contribution is 5.90. The van der Waals surface area contributed by atoms with Crippen molar-refractivity contribution in [2.75, 3.05) is 36.4 Å². The van der Waals surface area contributed by atoms with Crippen LogP contribution in [0, 0.1) is 10.8 Å². The minimum absolute atomic E-state index is 0.416. The number of rotatable bonds is 4. The van der Waals surface area contributed by atoms with Crippen molar-refractivity contribution in [3.8, 4) is 0 Å². The fraction of sp³-hybridized carbons (Fsp3) is 0.417. The summed E-state index contributed by atoms with van der Waals surface area (Å²) in [5, 5.41) is 8.34. The number of benzene rings is 2. The molecule has 2 unspecified atom stereocenters. The van der Waals surface area contributed by atoms with Crippen LogP contribution >= 0.6 is 0 Å². The Balaban J connectivity index is 1.35. The van der Waals surface area contributed by atoms with Crippen LogP contribution in [0.4, 0.5) is 11.8 Å². The summed E-state index contributed by atoms with van der Waals surface area (Å²) >= 11 is 0. The molecule has 3 heterocycles. The van der Waals surface area contributed by atoms with Gasteiger partial charge in [0.2, 0.25) is 5.95 Å². The van der Waals surface area contributed by atoms with Crippen molar-refractivity contribution >= 4 is 22.7 Å². The van der Waals surface area contributed by atoms with E-state index in [0.717, 1.165) is 55.4 Å². The van der Waals surface area contributed by atoms with Gasteiger partial charge in [-0.05, 0) is 30.5 Å². The monoisotopic (exact) mass is 385 g/mol. The highest BCUT2D eigenvalue weighted by Gasteiger charge is 2.63. The molecule has 148 valence electrons. The van der Waals surface area contributed by atoms with E-state index < -0.39 is 0 Å². The Morgan fingerprint density at radius 3 is 2.41 bits per heavy atom. The van der Waals surface area contributed by atoms with Crippen LogP contribution in [0.5, 0.6) is 0 Å². The Labute approximate surface area is 171 Å². The Hall–Kier alpha value is -2.66. The molecule has 3 aromatic rings. The smallest absolute Gasteiger partial charge is 0.227 e. The average Bonchev–Trinajstić information content (AvgIpc) is 3.35. The maximum absolute atomic E-state index is 5.03. The minimum Gasteiger partial charge on any atom is -0.365 e. The lowest BCUT2D eigenvalue weighted by Gasteiger charge is -2.30. The molecule has 1 saturated carbocycles. The van der Waals surface area contributed by atoms with Gasteiger partial charge in [-0.25, -0.2) is 4.98 Å². The van der Waals surface area contributed by atoms with Crippen LogP contribution in [0.25, 0.3) is 10.9 Å². The molecular weight excluding hydrogens is 358 g/mol. The fourth-order valence-electron chi connectivity index (χ4n) is 6.04. The zero-order valence-electron chi connectivity index (χ0n) is 16.7. The molecule has 5 nitrogen and oxygen atoms in total. The normalized spacial score (nSPS) is 27.9. The summed E-state index contributed by atoms with van der Waals surface area (Å²) in [7, 11) is 0. The van der Waals surface area contributed by atoms with Crippen molar-refractivity contribution in [3.05, 3.63) is 60.2 Å². The van der Waals surface area contributed by atoms with Gasteiger partial charge in [-0.3, -0.25) is 0 Å². The number of nitrogens with zero attached hydrogens (tertiary/aromatic N) is 3. The number of fused-ring (bicyclic) bond motifs is 1. The summed E-state index contributed by atoms with van der Waals surface area (Å²) in [6.07, 6.45) is 4.05. The van der Waals surface area contributed by atoms with Gasteiger partial charge in [-0.2, -0.15) is 4.98 Å². The molecule has 0 spiro atoms. The van der Waals surface area contributed by atoms with Crippen LogP contribution in [0.2, 0.25) is 0 Å². The van der Waals surface area contributed by atoms with E-state index in [1.807, 2.05) is 0 Å². The molecule has 3 aliphatic rings. The van der Waals surface area contributed by atoms with E-state index in [-0.39, 0.29) is 0 Å². The van der Waals surface area contributed by atoms with E-state index in [0.29, 0.717) is 10.8 Å². The molecule has 0 amide bonds. The van der Waals surface area contributed by atoms with Gasteiger partial charge in [0.1, 0.15) is 5.82 Å². The van der Waals surface area contributed by atoms with Crippen LogP contribution in [-0.2, 0) is 6.54 Å². The number of nitrogens with one attached hydrogen (secondary N) is 2. The SMILES string of the molecule is c1ccc(CNc2nc(N3CC45CCCC4(CNC5)C3)nc3ccccc23)cc1. The molecule has 29 heavy (non-hydrogen) atoms. The molecule has 1 aromatic heterocycles. The van der Waals surface area contributed by atoms with Crippen LogP contribution in [0.15, 0.2) is 54.6 Å². The lowest BCUT2D eigenvalue weighted by atomic mass is 9.71. The van der Waals surface area contributed by atoms with Crippen molar-refractivity contribution in [2.45, 2.75) is 25.8 Å². The van der Waals surface area contributed by atoms with E-state index in [4.69, 9.17) is 9.97 Å². The van der Waals surface area contributed by atoms with E-state index >= 15 is 0 Å². The highest BCUT2D eigenvalue weighted by atomic mass is 15.3.